The number of hydrogen-bond donors (Lipinski definition) is 3. The van der Waals surface area contributed by atoms with Crippen molar-refractivity contribution < 1.29 is 28.9 Å². The van der Waals surface area contributed by atoms with Gasteiger partial charge in [0, 0.05) is 0 Å². The van der Waals surface area contributed by atoms with E-state index in [2.05, 4.69) is 40.9 Å². The highest BCUT2D eigenvalue weighted by atomic mass is 16.6. The van der Waals surface area contributed by atoms with E-state index in [0.717, 1.165) is 4.68 Å². The fraction of sp³-hybridized carbons (Fsp3) is 0.222. The van der Waals surface area contributed by atoms with Crippen molar-refractivity contribution >= 4 is 29.1 Å². The zero-order valence-corrected chi connectivity index (χ0v) is 17.5. The largest absolute Gasteiger partial charge is 0.487 e. The quantitative estimate of drug-likeness (QED) is 0.172. The average molecular weight is 457 g/mol. The van der Waals surface area contributed by atoms with Crippen LogP contribution < -0.4 is 15.9 Å². The second-order valence-electron chi connectivity index (χ2n) is 6.18. The summed E-state index contributed by atoms with van der Waals surface area (Å²) in [5.41, 5.74) is 7.34. The van der Waals surface area contributed by atoms with Gasteiger partial charge in [-0.05, 0) is 36.3 Å². The molecule has 33 heavy (non-hydrogen) atoms. The number of para-hydroxylation sites is 1. The zero-order chi connectivity index (χ0) is 23.8. The molecule has 1 aromatic carbocycles. The summed E-state index contributed by atoms with van der Waals surface area (Å²) in [6.45, 7) is 2.83. The van der Waals surface area contributed by atoms with Crippen molar-refractivity contribution in [3.05, 3.63) is 41.7 Å². The minimum Gasteiger partial charge on any atom is -0.487 e. The average Bonchev–Trinajstić information content (AvgIpc) is 3.43. The molecule has 0 aliphatic heterocycles. The third-order valence-electron chi connectivity index (χ3n) is 4.03. The summed E-state index contributed by atoms with van der Waals surface area (Å²) in [4.78, 5) is 24.5. The van der Waals surface area contributed by atoms with Crippen molar-refractivity contribution in [2.75, 3.05) is 12.3 Å². The van der Waals surface area contributed by atoms with E-state index in [1.54, 1.807) is 31.2 Å². The first-order chi connectivity index (χ1) is 16.0. The normalized spacial score (nSPS) is 11.8. The van der Waals surface area contributed by atoms with E-state index in [1.807, 2.05) is 6.07 Å². The van der Waals surface area contributed by atoms with Gasteiger partial charge < -0.3 is 20.4 Å². The Morgan fingerprint density at radius 3 is 2.67 bits per heavy atom. The first kappa shape index (κ1) is 22.9. The molecule has 172 valence electrons. The minimum absolute atomic E-state index is 0.00454. The number of ether oxygens (including phenoxy) is 2. The summed E-state index contributed by atoms with van der Waals surface area (Å²) >= 11 is 0. The summed E-state index contributed by atoms with van der Waals surface area (Å²) in [5.74, 6) is -1.27. The molecule has 3 rings (SSSR count). The van der Waals surface area contributed by atoms with Crippen LogP contribution in [0.25, 0.3) is 5.82 Å². The molecule has 3 aromatic rings. The molecular formula is C18H19N9O6. The van der Waals surface area contributed by atoms with Gasteiger partial charge in [-0.2, -0.15) is 9.78 Å². The molecule has 0 atom stereocenters. The maximum atomic E-state index is 12.8. The number of hydrazone groups is 1. The van der Waals surface area contributed by atoms with Crippen LogP contribution in [0.4, 0.5) is 5.82 Å². The maximum absolute atomic E-state index is 12.8. The zero-order valence-electron chi connectivity index (χ0n) is 17.5. The molecule has 15 nitrogen and oxygen atoms in total. The van der Waals surface area contributed by atoms with E-state index in [9.17, 15) is 9.59 Å². The third kappa shape index (κ3) is 5.27. The molecule has 2 heterocycles. The Morgan fingerprint density at radius 1 is 1.27 bits per heavy atom. The number of anilines is 1. The lowest BCUT2D eigenvalue weighted by atomic mass is 10.2. The van der Waals surface area contributed by atoms with Crippen molar-refractivity contribution in [3.63, 3.8) is 0 Å². The Kier molecular flexibility index (Phi) is 7.25. The molecule has 2 aromatic heterocycles. The fourth-order valence-corrected chi connectivity index (χ4v) is 2.48. The number of nitrogens with two attached hydrogens (primary N) is 1. The molecule has 0 aliphatic carbocycles. The second-order valence-corrected chi connectivity index (χ2v) is 6.18. The van der Waals surface area contributed by atoms with E-state index in [0.29, 0.717) is 5.75 Å². The van der Waals surface area contributed by atoms with Gasteiger partial charge in [0.25, 0.3) is 5.91 Å². The number of nitrogen functional groups attached to an aromatic ring is 1. The molecule has 0 fully saturated rings. The Morgan fingerprint density at radius 2 is 2.03 bits per heavy atom. The number of carbonyl (C=O) groups excluding carboxylic acids is 2. The van der Waals surface area contributed by atoms with E-state index in [1.165, 1.54) is 6.92 Å². The predicted octanol–water partition coefficient (Wildman–Crippen LogP) is 0.311. The molecule has 0 saturated carbocycles. The monoisotopic (exact) mass is 457 g/mol. The van der Waals surface area contributed by atoms with Crippen molar-refractivity contribution in [2.24, 2.45) is 10.3 Å². The van der Waals surface area contributed by atoms with Crippen molar-refractivity contribution in [2.45, 2.75) is 20.5 Å². The summed E-state index contributed by atoms with van der Waals surface area (Å²) in [6.07, 6.45) is 0. The first-order valence-corrected chi connectivity index (χ1v) is 9.41. The lowest BCUT2D eigenvalue weighted by Gasteiger charge is -2.08. The standard InChI is InChI=1S/C18H19N9O6/c1-3-31-18(29)13(23-30)10(2)20-22-17(28)14-12(9-32-11-7-5-4-6-8-11)27(26-21-14)16-15(19)24-33-25-16/h4-8,30H,3,9H2,1-2H3,(H2,19,24)(H,22,28)/b20-10-,23-13-. The van der Waals surface area contributed by atoms with Crippen LogP contribution in [-0.4, -0.2) is 60.4 Å². The lowest BCUT2D eigenvalue weighted by molar-refractivity contribution is -0.134. The number of amides is 1. The number of esters is 1. The van der Waals surface area contributed by atoms with Gasteiger partial charge in [0.05, 0.1) is 12.3 Å². The van der Waals surface area contributed by atoms with Crippen LogP contribution in [0.5, 0.6) is 5.75 Å². The minimum atomic E-state index is -0.910. The molecule has 0 saturated heterocycles. The topological polar surface area (TPSA) is 205 Å². The van der Waals surface area contributed by atoms with Crippen LogP contribution in [0.2, 0.25) is 0 Å². The van der Waals surface area contributed by atoms with E-state index < -0.39 is 17.6 Å². The smallest absolute Gasteiger partial charge is 0.362 e. The number of hydrogen-bond acceptors (Lipinski definition) is 13. The Balaban J connectivity index is 1.87. The summed E-state index contributed by atoms with van der Waals surface area (Å²) in [6, 6.07) is 8.82. The van der Waals surface area contributed by atoms with Gasteiger partial charge in [-0.3, -0.25) is 4.79 Å². The second kappa shape index (κ2) is 10.5. The molecule has 0 aliphatic rings. The van der Waals surface area contributed by atoms with E-state index in [4.69, 9.17) is 20.4 Å². The summed E-state index contributed by atoms with van der Waals surface area (Å²) < 4.78 is 16.2. The number of rotatable bonds is 9. The van der Waals surface area contributed by atoms with Crippen LogP contribution in [-0.2, 0) is 16.1 Å². The van der Waals surface area contributed by atoms with Crippen LogP contribution in [0.3, 0.4) is 0 Å². The molecule has 4 N–H and O–H groups in total. The van der Waals surface area contributed by atoms with Gasteiger partial charge in [0.15, 0.2) is 5.69 Å². The van der Waals surface area contributed by atoms with Gasteiger partial charge in [0.1, 0.15) is 18.1 Å². The van der Waals surface area contributed by atoms with Crippen molar-refractivity contribution in [3.8, 4) is 11.6 Å². The van der Waals surface area contributed by atoms with Gasteiger partial charge in [-0.15, -0.1) is 5.10 Å². The molecule has 0 bridgehead atoms. The number of aromatic nitrogens is 5. The van der Waals surface area contributed by atoms with Gasteiger partial charge >= 0.3 is 5.97 Å². The fourth-order valence-electron chi connectivity index (χ4n) is 2.48. The third-order valence-corrected chi connectivity index (χ3v) is 4.03. The molecule has 0 spiro atoms. The predicted molar refractivity (Wildman–Crippen MR) is 111 cm³/mol. The molecular weight excluding hydrogens is 438 g/mol. The van der Waals surface area contributed by atoms with Gasteiger partial charge in [-0.25, -0.2) is 14.8 Å². The highest BCUT2D eigenvalue weighted by Gasteiger charge is 2.25. The van der Waals surface area contributed by atoms with Gasteiger partial charge in [-0.1, -0.05) is 28.6 Å². The Labute approximate surface area is 185 Å². The van der Waals surface area contributed by atoms with Crippen molar-refractivity contribution in [1.82, 2.24) is 30.7 Å². The first-order valence-electron chi connectivity index (χ1n) is 9.41. The Bertz CT molecular complexity index is 1190. The van der Waals surface area contributed by atoms with E-state index in [-0.39, 0.29) is 41.9 Å². The van der Waals surface area contributed by atoms with Crippen LogP contribution >= 0.6 is 0 Å². The molecule has 1 amide bonds. The highest BCUT2D eigenvalue weighted by Crippen LogP contribution is 2.18. The van der Waals surface area contributed by atoms with Crippen LogP contribution in [0, 0.1) is 0 Å². The van der Waals surface area contributed by atoms with Crippen molar-refractivity contribution in [1.29, 1.82) is 0 Å². The molecule has 15 heteroatoms. The molecule has 0 radical (unpaired) electrons. The highest BCUT2D eigenvalue weighted by molar-refractivity contribution is 6.65. The lowest BCUT2D eigenvalue weighted by Crippen LogP contribution is -2.28. The summed E-state index contributed by atoms with van der Waals surface area (Å²) in [7, 11) is 0. The maximum Gasteiger partial charge on any atom is 0.362 e. The van der Waals surface area contributed by atoms with E-state index >= 15 is 0 Å². The van der Waals surface area contributed by atoms with Crippen LogP contribution in [0.1, 0.15) is 30.0 Å². The number of carbonyl (C=O) groups is 2. The number of nitrogens with zero attached hydrogens (tertiary/aromatic N) is 7. The number of nitrogens with one attached hydrogen (secondary N) is 1. The molecule has 0 unspecified atom stereocenters. The summed E-state index contributed by atoms with van der Waals surface area (Å²) in [5, 5.41) is 30.5. The van der Waals surface area contributed by atoms with Crippen LogP contribution in [0.15, 0.2) is 45.2 Å². The number of benzene rings is 1. The number of oxime groups is 1. The van der Waals surface area contributed by atoms with Gasteiger partial charge in [0.2, 0.25) is 17.3 Å². The Hall–Kier alpha value is -4.82. The SMILES string of the molecule is CCOC(=O)C(=N\O)/C(C)=N\NC(=O)c1nnn(-c2nonc2N)c1COc1ccccc1.